The average molecular weight is 248 g/mol. The van der Waals surface area contributed by atoms with Crippen molar-refractivity contribution in [2.75, 3.05) is 12.3 Å². The molecule has 0 saturated heterocycles. The Labute approximate surface area is 107 Å². The molecule has 0 radical (unpaired) electrons. The van der Waals surface area contributed by atoms with Crippen molar-refractivity contribution < 1.29 is 9.15 Å². The predicted octanol–water partition coefficient (Wildman–Crippen LogP) is 3.36. The Bertz CT molecular complexity index is 505. The second-order valence-electron chi connectivity index (χ2n) is 4.92. The van der Waals surface area contributed by atoms with Gasteiger partial charge < -0.3 is 14.9 Å². The Hall–Kier alpha value is -1.55. The minimum Gasteiger partial charge on any atom is -0.438 e. The zero-order valence-electron chi connectivity index (χ0n) is 11.0. The van der Waals surface area contributed by atoms with Crippen LogP contribution in [0.5, 0.6) is 0 Å². The molecule has 0 aliphatic heterocycles. The molecule has 1 aromatic heterocycles. The Morgan fingerprint density at radius 1 is 1.39 bits per heavy atom. The molecule has 1 aromatic carbocycles. The van der Waals surface area contributed by atoms with E-state index in [2.05, 4.69) is 18.8 Å². The van der Waals surface area contributed by atoms with Gasteiger partial charge in [0, 0.05) is 18.4 Å². The van der Waals surface area contributed by atoms with Crippen molar-refractivity contribution in [3.05, 3.63) is 24.1 Å². The molecule has 4 nitrogen and oxygen atoms in total. The molecule has 18 heavy (non-hydrogen) atoms. The molecular weight excluding hydrogens is 228 g/mol. The van der Waals surface area contributed by atoms with E-state index in [-0.39, 0.29) is 0 Å². The smallest absolute Gasteiger partial charge is 0.221 e. The van der Waals surface area contributed by atoms with Crippen LogP contribution in [0.4, 0.5) is 5.69 Å². The van der Waals surface area contributed by atoms with Crippen LogP contribution in [-0.4, -0.2) is 11.6 Å². The number of rotatable bonds is 6. The number of hydrogen-bond acceptors (Lipinski definition) is 4. The maximum absolute atomic E-state index is 5.68. The molecule has 1 heterocycles. The minimum absolute atomic E-state index is 0.423. The van der Waals surface area contributed by atoms with Crippen molar-refractivity contribution in [2.45, 2.75) is 33.3 Å². The lowest BCUT2D eigenvalue weighted by atomic mass is 10.1. The first-order valence-corrected chi connectivity index (χ1v) is 6.38. The summed E-state index contributed by atoms with van der Waals surface area (Å²) in [6.07, 6.45) is 2.26. The summed E-state index contributed by atoms with van der Waals surface area (Å²) in [5, 5.41) is 0. The van der Waals surface area contributed by atoms with Crippen molar-refractivity contribution in [1.82, 2.24) is 4.98 Å². The number of nitrogens with two attached hydrogens (primary N) is 1. The minimum atomic E-state index is 0.423. The molecule has 0 aliphatic carbocycles. The van der Waals surface area contributed by atoms with Crippen LogP contribution >= 0.6 is 0 Å². The van der Waals surface area contributed by atoms with Crippen molar-refractivity contribution in [1.29, 1.82) is 0 Å². The molecule has 0 atom stereocenters. The highest BCUT2D eigenvalue weighted by Gasteiger charge is 2.05. The highest BCUT2D eigenvalue weighted by molar-refractivity contribution is 5.76. The molecule has 2 rings (SSSR count). The summed E-state index contributed by atoms with van der Waals surface area (Å²) in [5.74, 6) is 1.33. The fourth-order valence-corrected chi connectivity index (χ4v) is 1.80. The number of nitrogens with zero attached hydrogens (tertiary/aromatic N) is 1. The van der Waals surface area contributed by atoms with Crippen LogP contribution in [0.15, 0.2) is 22.6 Å². The van der Waals surface area contributed by atoms with E-state index in [1.54, 1.807) is 6.07 Å². The Morgan fingerprint density at radius 2 is 2.22 bits per heavy atom. The van der Waals surface area contributed by atoms with Gasteiger partial charge in [-0.25, -0.2) is 4.98 Å². The molecule has 0 amide bonds. The lowest BCUT2D eigenvalue weighted by Crippen LogP contribution is -1.97. The third-order valence-electron chi connectivity index (χ3n) is 2.75. The van der Waals surface area contributed by atoms with E-state index in [1.165, 1.54) is 6.42 Å². The normalized spacial score (nSPS) is 11.5. The maximum atomic E-state index is 5.68. The van der Waals surface area contributed by atoms with Crippen molar-refractivity contribution in [3.63, 3.8) is 0 Å². The standard InChI is InChI=1S/C14H20N2O2/c1-10(2)4-3-7-17-9-14-16-12-6-5-11(15)8-13(12)18-14/h5-6,8,10H,3-4,7,9,15H2,1-2H3. The predicted molar refractivity (Wildman–Crippen MR) is 72.1 cm³/mol. The van der Waals surface area contributed by atoms with Gasteiger partial charge in [-0.2, -0.15) is 0 Å². The molecule has 0 aliphatic rings. The van der Waals surface area contributed by atoms with E-state index in [0.717, 1.165) is 30.0 Å². The molecule has 0 unspecified atom stereocenters. The van der Waals surface area contributed by atoms with Gasteiger partial charge in [0.25, 0.3) is 0 Å². The molecule has 98 valence electrons. The van der Waals surface area contributed by atoms with Crippen LogP contribution in [-0.2, 0) is 11.3 Å². The third-order valence-corrected chi connectivity index (χ3v) is 2.75. The number of benzene rings is 1. The van der Waals surface area contributed by atoms with Gasteiger partial charge in [0.05, 0.1) is 0 Å². The fourth-order valence-electron chi connectivity index (χ4n) is 1.80. The topological polar surface area (TPSA) is 61.3 Å². The quantitative estimate of drug-likeness (QED) is 0.629. The van der Waals surface area contributed by atoms with Gasteiger partial charge >= 0.3 is 0 Å². The van der Waals surface area contributed by atoms with Gasteiger partial charge in [0.2, 0.25) is 5.89 Å². The van der Waals surface area contributed by atoms with Crippen molar-refractivity contribution in [2.24, 2.45) is 5.92 Å². The zero-order valence-corrected chi connectivity index (χ0v) is 11.0. The second kappa shape index (κ2) is 5.87. The summed E-state index contributed by atoms with van der Waals surface area (Å²) in [6.45, 7) is 5.60. The number of aromatic nitrogens is 1. The van der Waals surface area contributed by atoms with Gasteiger partial charge in [-0.15, -0.1) is 0 Å². The largest absolute Gasteiger partial charge is 0.438 e. The van der Waals surface area contributed by atoms with Crippen LogP contribution in [0.25, 0.3) is 11.1 Å². The Morgan fingerprint density at radius 3 is 3.00 bits per heavy atom. The molecular formula is C14H20N2O2. The number of ether oxygens (including phenoxy) is 1. The number of oxazole rings is 1. The second-order valence-corrected chi connectivity index (χ2v) is 4.92. The summed E-state index contributed by atoms with van der Waals surface area (Å²) >= 11 is 0. The molecule has 0 bridgehead atoms. The molecule has 0 fully saturated rings. The number of hydrogen-bond donors (Lipinski definition) is 1. The van der Waals surface area contributed by atoms with Crippen LogP contribution in [0.1, 0.15) is 32.6 Å². The van der Waals surface area contributed by atoms with Gasteiger partial charge in [-0.05, 0) is 30.9 Å². The third kappa shape index (κ3) is 3.47. The summed E-state index contributed by atoms with van der Waals surface area (Å²) in [7, 11) is 0. The summed E-state index contributed by atoms with van der Waals surface area (Å²) < 4.78 is 11.1. The van der Waals surface area contributed by atoms with Gasteiger partial charge in [-0.1, -0.05) is 13.8 Å². The van der Waals surface area contributed by atoms with Crippen LogP contribution in [0, 0.1) is 5.92 Å². The molecule has 2 aromatic rings. The van der Waals surface area contributed by atoms with Crippen LogP contribution in [0.3, 0.4) is 0 Å². The van der Waals surface area contributed by atoms with Crippen LogP contribution < -0.4 is 5.73 Å². The Balaban J connectivity index is 1.84. The first-order chi connectivity index (χ1) is 8.65. The molecule has 0 saturated carbocycles. The van der Waals surface area contributed by atoms with E-state index < -0.39 is 0 Å². The summed E-state index contributed by atoms with van der Waals surface area (Å²) in [4.78, 5) is 4.34. The average Bonchev–Trinajstić information content (AvgIpc) is 2.70. The first kappa shape index (κ1) is 12.9. The maximum Gasteiger partial charge on any atom is 0.221 e. The monoisotopic (exact) mass is 248 g/mol. The molecule has 0 spiro atoms. The van der Waals surface area contributed by atoms with Crippen molar-refractivity contribution >= 4 is 16.8 Å². The van der Waals surface area contributed by atoms with E-state index in [0.29, 0.717) is 18.2 Å². The zero-order chi connectivity index (χ0) is 13.0. The van der Waals surface area contributed by atoms with E-state index in [1.807, 2.05) is 12.1 Å². The van der Waals surface area contributed by atoms with Crippen molar-refractivity contribution in [3.8, 4) is 0 Å². The fraction of sp³-hybridized carbons (Fsp3) is 0.500. The highest BCUT2D eigenvalue weighted by atomic mass is 16.5. The van der Waals surface area contributed by atoms with Crippen LogP contribution in [0.2, 0.25) is 0 Å². The number of anilines is 1. The lowest BCUT2D eigenvalue weighted by Gasteiger charge is -2.03. The summed E-state index contributed by atoms with van der Waals surface area (Å²) in [6, 6.07) is 5.46. The Kier molecular flexibility index (Phi) is 4.20. The molecule has 4 heteroatoms. The highest BCUT2D eigenvalue weighted by Crippen LogP contribution is 2.18. The van der Waals surface area contributed by atoms with Gasteiger partial charge in [-0.3, -0.25) is 0 Å². The summed E-state index contributed by atoms with van der Waals surface area (Å²) in [5.41, 5.74) is 7.91. The van der Waals surface area contributed by atoms with E-state index in [4.69, 9.17) is 14.9 Å². The molecule has 2 N–H and O–H groups in total. The first-order valence-electron chi connectivity index (χ1n) is 6.38. The van der Waals surface area contributed by atoms with Gasteiger partial charge in [0.15, 0.2) is 5.58 Å². The number of nitrogen functional groups attached to an aromatic ring is 1. The van der Waals surface area contributed by atoms with Gasteiger partial charge in [0.1, 0.15) is 12.1 Å². The van der Waals surface area contributed by atoms with E-state index >= 15 is 0 Å². The lowest BCUT2D eigenvalue weighted by molar-refractivity contribution is 0.0985. The SMILES string of the molecule is CC(C)CCCOCc1nc2ccc(N)cc2o1. The van der Waals surface area contributed by atoms with E-state index in [9.17, 15) is 0 Å². The number of fused-ring (bicyclic) bond motifs is 1.